The zero-order chi connectivity index (χ0) is 28.1. The molecular weight excluding hydrogens is 512 g/mol. The third-order valence-corrected chi connectivity index (χ3v) is 7.29. The second-order valence-electron chi connectivity index (χ2n) is 9.86. The number of rotatable bonds is 9. The summed E-state index contributed by atoms with van der Waals surface area (Å²) < 4.78 is 12.2. The van der Waals surface area contributed by atoms with Crippen molar-refractivity contribution in [1.82, 2.24) is 14.7 Å². The molecule has 5 rings (SSSR count). The first-order chi connectivity index (χ1) is 19.4. The van der Waals surface area contributed by atoms with Gasteiger partial charge in [0.25, 0.3) is 11.8 Å². The number of carbonyl (C=O) groups excluding carboxylic acids is 3. The first kappa shape index (κ1) is 27.4. The fraction of sp³-hybridized carbons (Fsp3) is 0.379. The average molecular weight is 547 g/mol. The number of morpholine rings is 1. The normalized spacial score (nSPS) is 16.1. The Morgan fingerprint density at radius 3 is 2.35 bits per heavy atom. The van der Waals surface area contributed by atoms with E-state index in [9.17, 15) is 14.4 Å². The Hall–Kier alpha value is -4.22. The summed E-state index contributed by atoms with van der Waals surface area (Å²) in [6.07, 6.45) is 2.83. The molecule has 210 valence electrons. The number of nitrogens with zero attached hydrogens (tertiary/aromatic N) is 4. The van der Waals surface area contributed by atoms with Crippen molar-refractivity contribution in [3.63, 3.8) is 0 Å². The Labute approximate surface area is 232 Å². The van der Waals surface area contributed by atoms with Crippen molar-refractivity contribution in [1.29, 1.82) is 0 Å². The SMILES string of the molecule is COc1ccc(-n2nc(C(N)=O)c(CCN3CCOCC3)c2C(=O)Nc2ccc(N3CCCCC3=O)cc2)cc1. The van der Waals surface area contributed by atoms with Crippen LogP contribution < -0.4 is 20.7 Å². The Kier molecular flexibility index (Phi) is 8.42. The highest BCUT2D eigenvalue weighted by Gasteiger charge is 2.28. The number of amides is 3. The third kappa shape index (κ3) is 6.00. The van der Waals surface area contributed by atoms with Crippen molar-refractivity contribution in [3.8, 4) is 11.4 Å². The standard InChI is InChI=1S/C29H34N6O5/c1-39-23-11-9-22(10-12-23)35-27(24(26(32-35)28(30)37)13-15-33-16-18-40-19-17-33)29(38)31-20-5-7-21(8-6-20)34-14-3-2-4-25(34)36/h5-12H,2-4,13-19H2,1H3,(H2,30,37)(H,31,38). The maximum atomic E-state index is 13.8. The first-order valence-electron chi connectivity index (χ1n) is 13.5. The van der Waals surface area contributed by atoms with Crippen molar-refractivity contribution in [2.24, 2.45) is 5.73 Å². The van der Waals surface area contributed by atoms with Gasteiger partial charge in [0.1, 0.15) is 11.4 Å². The van der Waals surface area contributed by atoms with E-state index in [1.54, 1.807) is 48.4 Å². The molecule has 0 aliphatic carbocycles. The summed E-state index contributed by atoms with van der Waals surface area (Å²) in [5.74, 6) is -0.365. The van der Waals surface area contributed by atoms with Gasteiger partial charge in [-0.1, -0.05) is 0 Å². The molecule has 40 heavy (non-hydrogen) atoms. The molecule has 3 aromatic rings. The van der Waals surface area contributed by atoms with Gasteiger partial charge in [0.05, 0.1) is 26.0 Å². The second-order valence-corrected chi connectivity index (χ2v) is 9.86. The highest BCUT2D eigenvalue weighted by molar-refractivity contribution is 6.07. The molecule has 1 aromatic heterocycles. The van der Waals surface area contributed by atoms with Gasteiger partial charge < -0.3 is 25.4 Å². The molecule has 0 radical (unpaired) electrons. The van der Waals surface area contributed by atoms with E-state index in [4.69, 9.17) is 15.2 Å². The van der Waals surface area contributed by atoms with Gasteiger partial charge in [0.2, 0.25) is 5.91 Å². The second kappa shape index (κ2) is 12.3. The number of ether oxygens (including phenoxy) is 2. The van der Waals surface area contributed by atoms with Crippen LogP contribution in [0.2, 0.25) is 0 Å². The maximum absolute atomic E-state index is 13.8. The average Bonchev–Trinajstić information content (AvgIpc) is 3.37. The fourth-order valence-electron chi connectivity index (χ4n) is 5.12. The third-order valence-electron chi connectivity index (χ3n) is 7.29. The number of hydrogen-bond donors (Lipinski definition) is 2. The Bertz CT molecular complexity index is 1360. The molecule has 2 aromatic carbocycles. The highest BCUT2D eigenvalue weighted by atomic mass is 16.5. The number of benzene rings is 2. The monoisotopic (exact) mass is 546 g/mol. The van der Waals surface area contributed by atoms with Gasteiger partial charge in [-0.15, -0.1) is 0 Å². The molecule has 2 fully saturated rings. The number of piperidine rings is 1. The lowest BCUT2D eigenvalue weighted by Crippen LogP contribution is -2.37. The van der Waals surface area contributed by atoms with Crippen LogP contribution in [-0.2, 0) is 16.0 Å². The molecule has 3 heterocycles. The number of carbonyl (C=O) groups is 3. The molecule has 3 N–H and O–H groups in total. The molecule has 2 saturated heterocycles. The zero-order valence-electron chi connectivity index (χ0n) is 22.6. The van der Waals surface area contributed by atoms with E-state index in [-0.39, 0.29) is 17.3 Å². The van der Waals surface area contributed by atoms with Gasteiger partial charge in [-0.05, 0) is 67.8 Å². The van der Waals surface area contributed by atoms with Crippen LogP contribution in [0.3, 0.4) is 0 Å². The lowest BCUT2D eigenvalue weighted by Gasteiger charge is -2.27. The van der Waals surface area contributed by atoms with Crippen LogP contribution in [0.5, 0.6) is 5.75 Å². The van der Waals surface area contributed by atoms with Gasteiger partial charge in [-0.3, -0.25) is 19.3 Å². The smallest absolute Gasteiger partial charge is 0.274 e. The van der Waals surface area contributed by atoms with E-state index in [0.717, 1.165) is 31.6 Å². The minimum absolute atomic E-state index is 0.0631. The van der Waals surface area contributed by atoms with Crippen LogP contribution in [0, 0.1) is 0 Å². The number of methoxy groups -OCH3 is 1. The number of anilines is 2. The summed E-state index contributed by atoms with van der Waals surface area (Å²) in [6.45, 7) is 4.13. The van der Waals surface area contributed by atoms with E-state index in [1.165, 1.54) is 4.68 Å². The molecular formula is C29H34N6O5. The summed E-state index contributed by atoms with van der Waals surface area (Å²) in [5.41, 5.74) is 8.48. The predicted molar refractivity (Wildman–Crippen MR) is 150 cm³/mol. The lowest BCUT2D eigenvalue weighted by molar-refractivity contribution is -0.119. The largest absolute Gasteiger partial charge is 0.497 e. The zero-order valence-corrected chi connectivity index (χ0v) is 22.6. The molecule has 11 nitrogen and oxygen atoms in total. The molecule has 0 unspecified atom stereocenters. The summed E-state index contributed by atoms with van der Waals surface area (Å²) in [7, 11) is 1.57. The van der Waals surface area contributed by atoms with E-state index < -0.39 is 11.8 Å². The van der Waals surface area contributed by atoms with Crippen LogP contribution in [-0.4, -0.2) is 78.9 Å². The van der Waals surface area contributed by atoms with Crippen LogP contribution in [0.15, 0.2) is 48.5 Å². The van der Waals surface area contributed by atoms with E-state index >= 15 is 0 Å². The van der Waals surface area contributed by atoms with E-state index in [0.29, 0.717) is 61.8 Å². The summed E-state index contributed by atoms with van der Waals surface area (Å²) >= 11 is 0. The van der Waals surface area contributed by atoms with Crippen LogP contribution in [0.25, 0.3) is 5.69 Å². The fourth-order valence-corrected chi connectivity index (χ4v) is 5.12. The maximum Gasteiger partial charge on any atom is 0.274 e. The minimum Gasteiger partial charge on any atom is -0.497 e. The molecule has 2 aliphatic rings. The topological polar surface area (TPSA) is 132 Å². The van der Waals surface area contributed by atoms with Crippen molar-refractivity contribution >= 4 is 29.1 Å². The lowest BCUT2D eigenvalue weighted by atomic mass is 10.1. The van der Waals surface area contributed by atoms with E-state index in [1.807, 2.05) is 12.1 Å². The van der Waals surface area contributed by atoms with Crippen molar-refractivity contribution < 1.29 is 23.9 Å². The van der Waals surface area contributed by atoms with Gasteiger partial charge in [-0.25, -0.2) is 4.68 Å². The van der Waals surface area contributed by atoms with Gasteiger partial charge in [0.15, 0.2) is 5.69 Å². The molecule has 11 heteroatoms. The number of hydrogen-bond acceptors (Lipinski definition) is 7. The number of aromatic nitrogens is 2. The van der Waals surface area contributed by atoms with E-state index in [2.05, 4.69) is 15.3 Å². The molecule has 3 amide bonds. The Morgan fingerprint density at radius 1 is 1.00 bits per heavy atom. The van der Waals surface area contributed by atoms with Crippen LogP contribution >= 0.6 is 0 Å². The van der Waals surface area contributed by atoms with Gasteiger partial charge in [0, 0.05) is 49.5 Å². The number of nitrogens with two attached hydrogens (primary N) is 1. The first-order valence-corrected chi connectivity index (χ1v) is 13.5. The summed E-state index contributed by atoms with van der Waals surface area (Å²) in [4.78, 5) is 42.6. The summed E-state index contributed by atoms with van der Waals surface area (Å²) in [5, 5.41) is 7.45. The number of primary amides is 1. The Balaban J connectivity index is 1.46. The van der Waals surface area contributed by atoms with Crippen LogP contribution in [0.4, 0.5) is 11.4 Å². The van der Waals surface area contributed by atoms with Crippen molar-refractivity contribution in [2.75, 3.05) is 56.7 Å². The molecule has 0 spiro atoms. The summed E-state index contributed by atoms with van der Waals surface area (Å²) in [6, 6.07) is 14.2. The Morgan fingerprint density at radius 2 is 1.70 bits per heavy atom. The van der Waals surface area contributed by atoms with Crippen LogP contribution in [0.1, 0.15) is 45.8 Å². The number of nitrogens with one attached hydrogen (secondary N) is 1. The molecule has 0 saturated carbocycles. The highest BCUT2D eigenvalue weighted by Crippen LogP contribution is 2.26. The van der Waals surface area contributed by atoms with Crippen molar-refractivity contribution in [2.45, 2.75) is 25.7 Å². The predicted octanol–water partition coefficient (Wildman–Crippen LogP) is 2.62. The molecule has 0 bridgehead atoms. The van der Waals surface area contributed by atoms with Gasteiger partial charge >= 0.3 is 0 Å². The van der Waals surface area contributed by atoms with Crippen molar-refractivity contribution in [3.05, 3.63) is 65.5 Å². The molecule has 2 aliphatic heterocycles. The van der Waals surface area contributed by atoms with Gasteiger partial charge in [-0.2, -0.15) is 5.10 Å². The molecule has 0 atom stereocenters. The quantitative estimate of drug-likeness (QED) is 0.422. The minimum atomic E-state index is -0.700.